The Kier molecular flexibility index (Phi) is 7.68. The molecule has 4 amide bonds. The molecule has 2 heterocycles. The van der Waals surface area contributed by atoms with Gasteiger partial charge < -0.3 is 26.2 Å². The highest BCUT2D eigenvalue weighted by molar-refractivity contribution is 6.34. The normalized spacial score (nSPS) is 26.4. The fourth-order valence-electron chi connectivity index (χ4n) is 6.13. The average Bonchev–Trinajstić information content (AvgIpc) is 3.16. The molecule has 4 rings (SSSR count). The highest BCUT2D eigenvalue weighted by atomic mass is 35.5. The molecule has 2 aliphatic heterocycles. The van der Waals surface area contributed by atoms with Gasteiger partial charge in [0.25, 0.3) is 0 Å². The lowest BCUT2D eigenvalue weighted by Gasteiger charge is -2.38. The van der Waals surface area contributed by atoms with Crippen LogP contribution < -0.4 is 21.3 Å². The summed E-state index contributed by atoms with van der Waals surface area (Å²) in [6.45, 7) is 8.80. The van der Waals surface area contributed by atoms with Crippen molar-refractivity contribution in [3.63, 3.8) is 0 Å². The number of hydrogen-bond donors (Lipinski definition) is 4. The summed E-state index contributed by atoms with van der Waals surface area (Å²) >= 11 is 6.22. The number of carbonyl (C=O) groups is 4. The van der Waals surface area contributed by atoms with Crippen LogP contribution in [-0.2, 0) is 19.2 Å². The Morgan fingerprint density at radius 3 is 2.40 bits per heavy atom. The topological polar surface area (TPSA) is 120 Å². The molecule has 40 heavy (non-hydrogen) atoms. The molecule has 2 unspecified atom stereocenters. The summed E-state index contributed by atoms with van der Waals surface area (Å²) in [6, 6.07) is 2.75. The summed E-state index contributed by atoms with van der Waals surface area (Å²) < 4.78 is 39.2. The average molecular weight is 586 g/mol. The molecule has 220 valence electrons. The highest BCUT2D eigenvalue weighted by Gasteiger charge is 2.70. The van der Waals surface area contributed by atoms with E-state index in [2.05, 4.69) is 16.0 Å². The maximum absolute atomic E-state index is 13.7. The molecule has 13 heteroatoms. The molecule has 2 fully saturated rings. The number of fused-ring (bicyclic) bond motifs is 2. The number of para-hydroxylation sites is 1. The molecule has 4 N–H and O–H groups in total. The molecule has 6 atom stereocenters. The lowest BCUT2D eigenvalue weighted by Crippen LogP contribution is -2.61. The minimum absolute atomic E-state index is 0.0196. The van der Waals surface area contributed by atoms with Crippen LogP contribution in [0.3, 0.4) is 0 Å². The first-order chi connectivity index (χ1) is 18.4. The van der Waals surface area contributed by atoms with Crippen LogP contribution >= 0.6 is 11.6 Å². The van der Waals surface area contributed by atoms with Crippen molar-refractivity contribution in [2.75, 3.05) is 18.9 Å². The molecule has 0 spiro atoms. The zero-order valence-corrected chi connectivity index (χ0v) is 24.0. The Bertz CT molecular complexity index is 1230. The number of carbonyl (C=O) groups excluding carboxylic acids is 4. The molecule has 1 aromatic carbocycles. The van der Waals surface area contributed by atoms with Crippen LogP contribution in [0, 0.1) is 22.7 Å². The van der Waals surface area contributed by atoms with E-state index < -0.39 is 53.5 Å². The van der Waals surface area contributed by atoms with Crippen molar-refractivity contribution in [3.8, 4) is 0 Å². The van der Waals surface area contributed by atoms with Crippen molar-refractivity contribution >= 4 is 40.9 Å². The molecule has 0 aromatic heterocycles. The summed E-state index contributed by atoms with van der Waals surface area (Å²) in [5, 5.41) is 10.9. The van der Waals surface area contributed by atoms with E-state index >= 15 is 0 Å². The highest BCUT2D eigenvalue weighted by Crippen LogP contribution is 2.65. The summed E-state index contributed by atoms with van der Waals surface area (Å²) in [6.07, 6.45) is -5.62. The van der Waals surface area contributed by atoms with Crippen molar-refractivity contribution in [2.24, 2.45) is 22.7 Å². The number of rotatable bonds is 7. The monoisotopic (exact) mass is 585 g/mol. The molecule has 0 bridgehead atoms. The quantitative estimate of drug-likeness (QED) is 0.367. The first-order valence-electron chi connectivity index (χ1n) is 13.1. The van der Waals surface area contributed by atoms with E-state index in [0.29, 0.717) is 16.3 Å². The summed E-state index contributed by atoms with van der Waals surface area (Å²) in [7, 11) is 1.63. The molecule has 1 aromatic rings. The maximum atomic E-state index is 13.7. The minimum atomic E-state index is -5.16. The van der Waals surface area contributed by atoms with Gasteiger partial charge in [0.05, 0.1) is 22.8 Å². The lowest BCUT2D eigenvalue weighted by molar-refractivity contribution is -0.176. The van der Waals surface area contributed by atoms with E-state index in [0.717, 1.165) is 0 Å². The van der Waals surface area contributed by atoms with Crippen LogP contribution in [0.15, 0.2) is 18.2 Å². The smallest absolute Gasteiger partial charge is 0.339 e. The third-order valence-corrected chi connectivity index (χ3v) is 8.84. The van der Waals surface area contributed by atoms with Gasteiger partial charge in [0, 0.05) is 6.54 Å². The fraction of sp³-hybridized carbons (Fsp3) is 0.630. The molecule has 1 aliphatic carbocycles. The zero-order chi connectivity index (χ0) is 29.9. The van der Waals surface area contributed by atoms with Crippen LogP contribution in [0.4, 0.5) is 18.9 Å². The van der Waals surface area contributed by atoms with Crippen molar-refractivity contribution in [2.45, 2.75) is 71.4 Å². The van der Waals surface area contributed by atoms with Crippen LogP contribution in [0.25, 0.3) is 0 Å². The van der Waals surface area contributed by atoms with Gasteiger partial charge in [-0.3, -0.25) is 19.2 Å². The van der Waals surface area contributed by atoms with E-state index in [-0.39, 0.29) is 36.1 Å². The number of amides is 4. The Labute approximate surface area is 235 Å². The molecule has 9 nitrogen and oxygen atoms in total. The van der Waals surface area contributed by atoms with Crippen LogP contribution in [0.5, 0.6) is 0 Å². The number of nitrogens with one attached hydrogen (secondary N) is 4. The van der Waals surface area contributed by atoms with E-state index in [1.807, 2.05) is 19.2 Å². The Hall–Kier alpha value is -2.86. The van der Waals surface area contributed by atoms with Gasteiger partial charge in [-0.1, -0.05) is 58.4 Å². The van der Waals surface area contributed by atoms with Crippen LogP contribution in [-0.4, -0.2) is 66.5 Å². The van der Waals surface area contributed by atoms with Crippen LogP contribution in [0.2, 0.25) is 5.02 Å². The van der Waals surface area contributed by atoms with Crippen molar-refractivity contribution in [3.05, 3.63) is 28.8 Å². The van der Waals surface area contributed by atoms with Gasteiger partial charge in [-0.05, 0) is 47.8 Å². The van der Waals surface area contributed by atoms with Gasteiger partial charge >= 0.3 is 12.1 Å². The number of anilines is 1. The van der Waals surface area contributed by atoms with Crippen molar-refractivity contribution in [1.82, 2.24) is 20.9 Å². The largest absolute Gasteiger partial charge is 0.471 e. The van der Waals surface area contributed by atoms with Gasteiger partial charge in [-0.15, -0.1) is 0 Å². The second kappa shape index (κ2) is 10.2. The molecule has 3 aliphatic rings. The summed E-state index contributed by atoms with van der Waals surface area (Å²) in [5.74, 6) is -4.50. The summed E-state index contributed by atoms with van der Waals surface area (Å²) in [5.41, 5.74) is -0.0631. The maximum Gasteiger partial charge on any atom is 0.471 e. The third kappa shape index (κ3) is 5.39. The Morgan fingerprint density at radius 1 is 1.18 bits per heavy atom. The number of hydrogen-bond acceptors (Lipinski definition) is 5. The second-order valence-electron chi connectivity index (χ2n) is 12.5. The molecular weight excluding hydrogens is 551 g/mol. The second-order valence-corrected chi connectivity index (χ2v) is 12.9. The fourth-order valence-corrected chi connectivity index (χ4v) is 6.36. The Morgan fingerprint density at radius 2 is 1.82 bits per heavy atom. The standard InChI is InChI=1S/C27H35ClF3N5O4/c1-25(2,3)20(35-24(40)27(29,30)31)23(39)36-11-14-17(26(14,4)5)19(36)22(38)33-16(32-6)10-13-12-8-7-9-15(28)18(12)34-21(13)37/h7-9,13-14,16-17,19-20,32H,10-11H2,1-6H3,(H,33,38)(H,34,37)(H,35,40)/t13?,14-,16-,17-,19-,20?/m0/s1. The molecule has 1 saturated carbocycles. The predicted octanol–water partition coefficient (Wildman–Crippen LogP) is 3.00. The first-order valence-corrected chi connectivity index (χ1v) is 13.5. The van der Waals surface area contributed by atoms with Gasteiger partial charge in [-0.25, -0.2) is 0 Å². The summed E-state index contributed by atoms with van der Waals surface area (Å²) in [4.78, 5) is 53.2. The van der Waals surface area contributed by atoms with Crippen molar-refractivity contribution < 1.29 is 32.3 Å². The zero-order valence-electron chi connectivity index (χ0n) is 23.2. The van der Waals surface area contributed by atoms with E-state index in [4.69, 9.17) is 11.6 Å². The van der Waals surface area contributed by atoms with Gasteiger partial charge in [0.2, 0.25) is 17.7 Å². The SMILES string of the molecule is CN[C@H](CC1C(=O)Nc2c(Cl)cccc21)NC(=O)[C@@H]1[C@@H]2[C@H](CN1C(=O)C(NC(=O)C(F)(F)F)C(C)(C)C)C2(C)C. The molecule has 1 saturated heterocycles. The van der Waals surface area contributed by atoms with E-state index in [1.54, 1.807) is 46.0 Å². The van der Waals surface area contributed by atoms with Crippen LogP contribution in [0.1, 0.15) is 52.5 Å². The third-order valence-electron chi connectivity index (χ3n) is 8.53. The number of benzene rings is 1. The number of likely N-dealkylation sites (tertiary alicyclic amines) is 1. The van der Waals surface area contributed by atoms with Gasteiger partial charge in [-0.2, -0.15) is 13.2 Å². The number of halogens is 4. The van der Waals surface area contributed by atoms with E-state index in [1.165, 1.54) is 4.90 Å². The van der Waals surface area contributed by atoms with Crippen molar-refractivity contribution in [1.29, 1.82) is 0 Å². The van der Waals surface area contributed by atoms with Gasteiger partial charge in [0.1, 0.15) is 12.1 Å². The lowest BCUT2D eigenvalue weighted by atomic mass is 9.85. The van der Waals surface area contributed by atoms with Gasteiger partial charge in [0.15, 0.2) is 0 Å². The number of piperidine rings is 1. The molecule has 0 radical (unpaired) electrons. The molecular formula is C27H35ClF3N5O4. The predicted molar refractivity (Wildman–Crippen MR) is 142 cm³/mol. The minimum Gasteiger partial charge on any atom is -0.339 e. The number of nitrogens with zero attached hydrogens (tertiary/aromatic N) is 1. The Balaban J connectivity index is 1.54. The first kappa shape index (κ1) is 30.1. The number of alkyl halides is 3. The van der Waals surface area contributed by atoms with E-state index in [9.17, 15) is 32.3 Å².